The lowest BCUT2D eigenvalue weighted by Crippen LogP contribution is -2.46. The molecule has 1 aromatic carbocycles. The van der Waals surface area contributed by atoms with Gasteiger partial charge in [-0.25, -0.2) is 9.78 Å². The summed E-state index contributed by atoms with van der Waals surface area (Å²) in [5.74, 6) is 0.263. The molecule has 124 valence electrons. The Bertz CT molecular complexity index is 660. The second-order valence-electron chi connectivity index (χ2n) is 5.56. The van der Waals surface area contributed by atoms with Gasteiger partial charge in [0, 0.05) is 19.0 Å². The Morgan fingerprint density at radius 2 is 2.00 bits per heavy atom. The van der Waals surface area contributed by atoms with Crippen LogP contribution in [0.4, 0.5) is 18.0 Å². The Morgan fingerprint density at radius 1 is 1.30 bits per heavy atom. The van der Waals surface area contributed by atoms with Crippen LogP contribution >= 0.6 is 11.3 Å². The fraction of sp³-hybridized carbons (Fsp3) is 0.467. The molecule has 1 aromatic heterocycles. The van der Waals surface area contributed by atoms with Crippen molar-refractivity contribution >= 4 is 27.6 Å². The molecule has 3 rings (SSSR count). The first-order valence-electron chi connectivity index (χ1n) is 7.37. The molecule has 0 saturated carbocycles. The van der Waals surface area contributed by atoms with E-state index >= 15 is 0 Å². The number of carbonyl (C=O) groups excluding carboxylic acids is 1. The van der Waals surface area contributed by atoms with E-state index in [0.717, 1.165) is 28.1 Å². The van der Waals surface area contributed by atoms with Gasteiger partial charge >= 0.3 is 12.2 Å². The lowest BCUT2D eigenvalue weighted by Gasteiger charge is -2.31. The SMILES string of the molecule is O=C(NCC(F)(F)F)N1CCC(c2nc3ccccc3s2)CC1. The molecule has 2 amide bonds. The van der Waals surface area contributed by atoms with E-state index in [1.807, 2.05) is 29.6 Å². The number of aromatic nitrogens is 1. The average Bonchev–Trinajstić information content (AvgIpc) is 2.96. The second kappa shape index (κ2) is 6.35. The summed E-state index contributed by atoms with van der Waals surface area (Å²) in [6, 6.07) is 7.26. The van der Waals surface area contributed by atoms with Crippen molar-refractivity contribution in [3.8, 4) is 0 Å². The first kappa shape index (κ1) is 16.0. The highest BCUT2D eigenvalue weighted by Gasteiger charge is 2.30. The van der Waals surface area contributed by atoms with Crippen molar-refractivity contribution in [1.82, 2.24) is 15.2 Å². The third-order valence-corrected chi connectivity index (χ3v) is 5.08. The van der Waals surface area contributed by atoms with Crippen molar-refractivity contribution in [2.75, 3.05) is 19.6 Å². The molecule has 1 aliphatic rings. The van der Waals surface area contributed by atoms with Gasteiger partial charge in [-0.05, 0) is 25.0 Å². The fourth-order valence-electron chi connectivity index (χ4n) is 2.68. The van der Waals surface area contributed by atoms with Gasteiger partial charge in [0.15, 0.2) is 0 Å². The molecule has 1 N–H and O–H groups in total. The maximum Gasteiger partial charge on any atom is 0.405 e. The van der Waals surface area contributed by atoms with Crippen LogP contribution in [0.2, 0.25) is 0 Å². The predicted octanol–water partition coefficient (Wildman–Crippen LogP) is 3.75. The van der Waals surface area contributed by atoms with Gasteiger partial charge in [0.1, 0.15) is 6.54 Å². The van der Waals surface area contributed by atoms with Crippen LogP contribution in [-0.2, 0) is 0 Å². The summed E-state index contributed by atoms with van der Waals surface area (Å²) in [6.45, 7) is -0.391. The molecule has 23 heavy (non-hydrogen) atoms. The zero-order chi connectivity index (χ0) is 16.4. The highest BCUT2D eigenvalue weighted by molar-refractivity contribution is 7.18. The van der Waals surface area contributed by atoms with Gasteiger partial charge in [-0.2, -0.15) is 13.2 Å². The standard InChI is InChI=1S/C15H16F3N3OS/c16-15(17,18)9-19-14(22)21-7-5-10(6-8-21)13-20-11-3-1-2-4-12(11)23-13/h1-4,10H,5-9H2,(H,19,22). The van der Waals surface area contributed by atoms with E-state index in [9.17, 15) is 18.0 Å². The number of halogens is 3. The summed E-state index contributed by atoms with van der Waals surface area (Å²) in [5, 5.41) is 2.96. The van der Waals surface area contributed by atoms with Crippen molar-refractivity contribution in [3.63, 3.8) is 0 Å². The number of carbonyl (C=O) groups is 1. The molecular weight excluding hydrogens is 327 g/mol. The minimum atomic E-state index is -4.38. The maximum atomic E-state index is 12.1. The van der Waals surface area contributed by atoms with Crippen molar-refractivity contribution < 1.29 is 18.0 Å². The normalized spacial score (nSPS) is 16.7. The predicted molar refractivity (Wildman–Crippen MR) is 82.6 cm³/mol. The van der Waals surface area contributed by atoms with Crippen molar-refractivity contribution in [2.45, 2.75) is 24.9 Å². The number of benzene rings is 1. The number of nitrogens with one attached hydrogen (secondary N) is 1. The van der Waals surface area contributed by atoms with E-state index in [1.165, 1.54) is 4.90 Å². The van der Waals surface area contributed by atoms with Crippen molar-refractivity contribution in [3.05, 3.63) is 29.3 Å². The summed E-state index contributed by atoms with van der Waals surface area (Å²) in [6.07, 6.45) is -2.94. The van der Waals surface area contributed by atoms with Crippen LogP contribution in [0.1, 0.15) is 23.8 Å². The van der Waals surface area contributed by atoms with Crippen molar-refractivity contribution in [1.29, 1.82) is 0 Å². The highest BCUT2D eigenvalue weighted by Crippen LogP contribution is 2.33. The number of amides is 2. The van der Waals surface area contributed by atoms with Crippen LogP contribution in [-0.4, -0.2) is 41.7 Å². The number of urea groups is 1. The summed E-state index contributed by atoms with van der Waals surface area (Å²) in [5.41, 5.74) is 0.970. The molecule has 1 fully saturated rings. The number of alkyl halides is 3. The molecule has 1 saturated heterocycles. The van der Waals surface area contributed by atoms with Crippen LogP contribution in [0.25, 0.3) is 10.2 Å². The maximum absolute atomic E-state index is 12.1. The van der Waals surface area contributed by atoms with Gasteiger partial charge in [0.25, 0.3) is 0 Å². The van der Waals surface area contributed by atoms with Gasteiger partial charge in [0.05, 0.1) is 15.2 Å². The zero-order valence-electron chi connectivity index (χ0n) is 12.3. The largest absolute Gasteiger partial charge is 0.405 e. The first-order valence-corrected chi connectivity index (χ1v) is 8.19. The zero-order valence-corrected chi connectivity index (χ0v) is 13.1. The third kappa shape index (κ3) is 3.93. The number of likely N-dealkylation sites (tertiary alicyclic amines) is 1. The van der Waals surface area contributed by atoms with Crippen LogP contribution in [0, 0.1) is 0 Å². The van der Waals surface area contributed by atoms with Crippen LogP contribution in [0.15, 0.2) is 24.3 Å². The molecule has 2 aromatic rings. The van der Waals surface area contributed by atoms with E-state index in [2.05, 4.69) is 4.98 Å². The minimum absolute atomic E-state index is 0.263. The van der Waals surface area contributed by atoms with Crippen LogP contribution in [0.3, 0.4) is 0 Å². The Balaban J connectivity index is 1.56. The van der Waals surface area contributed by atoms with Gasteiger partial charge in [-0.1, -0.05) is 12.1 Å². The molecule has 0 unspecified atom stereocenters. The first-order chi connectivity index (χ1) is 10.9. The number of hydrogen-bond acceptors (Lipinski definition) is 3. The van der Waals surface area contributed by atoms with Crippen LogP contribution in [0.5, 0.6) is 0 Å². The molecule has 8 heteroatoms. The molecule has 0 bridgehead atoms. The smallest absolute Gasteiger partial charge is 0.329 e. The van der Waals surface area contributed by atoms with Gasteiger partial charge in [0.2, 0.25) is 0 Å². The summed E-state index contributed by atoms with van der Waals surface area (Å²) >= 11 is 1.65. The summed E-state index contributed by atoms with van der Waals surface area (Å²) in [7, 11) is 0. The highest BCUT2D eigenvalue weighted by atomic mass is 32.1. The average molecular weight is 343 g/mol. The Kier molecular flexibility index (Phi) is 4.43. The second-order valence-corrected chi connectivity index (χ2v) is 6.62. The van der Waals surface area contributed by atoms with Gasteiger partial charge < -0.3 is 10.2 Å². The number of fused-ring (bicyclic) bond motifs is 1. The molecule has 4 nitrogen and oxygen atoms in total. The summed E-state index contributed by atoms with van der Waals surface area (Å²) < 4.78 is 37.5. The van der Waals surface area contributed by atoms with E-state index in [0.29, 0.717) is 13.1 Å². The van der Waals surface area contributed by atoms with E-state index < -0.39 is 18.8 Å². The van der Waals surface area contributed by atoms with Crippen LogP contribution < -0.4 is 5.32 Å². The lowest BCUT2D eigenvalue weighted by molar-refractivity contribution is -0.123. The lowest BCUT2D eigenvalue weighted by atomic mass is 9.98. The van der Waals surface area contributed by atoms with Gasteiger partial charge in [-0.15, -0.1) is 11.3 Å². The third-order valence-electron chi connectivity index (χ3n) is 3.88. The monoisotopic (exact) mass is 343 g/mol. The molecule has 0 aliphatic carbocycles. The number of hydrogen-bond donors (Lipinski definition) is 1. The molecule has 0 radical (unpaired) electrons. The number of nitrogens with zero attached hydrogens (tertiary/aromatic N) is 2. The number of piperidine rings is 1. The quantitative estimate of drug-likeness (QED) is 0.903. The minimum Gasteiger partial charge on any atom is -0.329 e. The van der Waals surface area contributed by atoms with Gasteiger partial charge in [-0.3, -0.25) is 0 Å². The topological polar surface area (TPSA) is 45.2 Å². The van der Waals surface area contributed by atoms with E-state index in [4.69, 9.17) is 0 Å². The number of thiazole rings is 1. The Labute approximate surface area is 135 Å². The Morgan fingerprint density at radius 3 is 2.65 bits per heavy atom. The Hall–Kier alpha value is -1.83. The van der Waals surface area contributed by atoms with E-state index in [-0.39, 0.29) is 5.92 Å². The van der Waals surface area contributed by atoms with E-state index in [1.54, 1.807) is 11.3 Å². The number of rotatable bonds is 2. The number of para-hydroxylation sites is 1. The molecule has 1 aliphatic heterocycles. The fourth-order valence-corrected chi connectivity index (χ4v) is 3.82. The molecular formula is C15H16F3N3OS. The summed E-state index contributed by atoms with van der Waals surface area (Å²) in [4.78, 5) is 17.8. The van der Waals surface area contributed by atoms with Crippen molar-refractivity contribution in [2.24, 2.45) is 0 Å². The molecule has 0 atom stereocenters. The molecule has 0 spiro atoms. The molecule has 2 heterocycles.